The third-order valence-corrected chi connectivity index (χ3v) is 4.32. The van der Waals surface area contributed by atoms with Crippen molar-refractivity contribution in [3.05, 3.63) is 34.9 Å². The highest BCUT2D eigenvalue weighted by Crippen LogP contribution is 2.32. The van der Waals surface area contributed by atoms with Crippen LogP contribution in [0.3, 0.4) is 0 Å². The van der Waals surface area contributed by atoms with Gasteiger partial charge in [-0.25, -0.2) is 0 Å². The molecule has 1 aromatic rings. The number of nitrogens with one attached hydrogen (secondary N) is 1. The maximum Gasteiger partial charge on any atom is 0.0406 e. The molecule has 1 unspecified atom stereocenters. The maximum absolute atomic E-state index is 5.99. The van der Waals surface area contributed by atoms with Gasteiger partial charge in [-0.05, 0) is 69.1 Å². The summed E-state index contributed by atoms with van der Waals surface area (Å²) in [6.07, 6.45) is 2.45. The zero-order valence-electron chi connectivity index (χ0n) is 12.0. The topological polar surface area (TPSA) is 15.3 Å². The second kappa shape index (κ2) is 7.28. The van der Waals surface area contributed by atoms with Gasteiger partial charge in [-0.2, -0.15) is 0 Å². The molecule has 3 heteroatoms. The van der Waals surface area contributed by atoms with E-state index in [-0.39, 0.29) is 0 Å². The van der Waals surface area contributed by atoms with Crippen LogP contribution in [0.15, 0.2) is 24.3 Å². The second-order valence-corrected chi connectivity index (χ2v) is 6.11. The summed E-state index contributed by atoms with van der Waals surface area (Å²) in [6, 6.07) is 8.44. The fourth-order valence-corrected chi connectivity index (χ4v) is 3.16. The fraction of sp³-hybridized carbons (Fsp3) is 0.625. The Kier molecular flexibility index (Phi) is 5.68. The summed E-state index contributed by atoms with van der Waals surface area (Å²) < 4.78 is 0. The van der Waals surface area contributed by atoms with Crippen molar-refractivity contribution in [2.75, 3.05) is 33.2 Å². The zero-order chi connectivity index (χ0) is 13.7. The van der Waals surface area contributed by atoms with Gasteiger partial charge in [-0.15, -0.1) is 0 Å². The lowest BCUT2D eigenvalue weighted by molar-refractivity contribution is 0.181. The molecule has 106 valence electrons. The molecule has 1 N–H and O–H groups in total. The van der Waals surface area contributed by atoms with Gasteiger partial charge < -0.3 is 10.2 Å². The summed E-state index contributed by atoms with van der Waals surface area (Å²) >= 11 is 5.99. The molecule has 0 aromatic heterocycles. The average molecular weight is 281 g/mol. The standard InChI is InChI=1S/C16H25ClN2/c1-3-9-18-11-14-12-19(2)10-8-16(14)13-4-6-15(17)7-5-13/h4-7,14,16,18H,3,8-12H2,1-2H3/t14-,16?/m1/s1. The van der Waals surface area contributed by atoms with Crippen molar-refractivity contribution in [3.63, 3.8) is 0 Å². The first-order chi connectivity index (χ1) is 9.20. The lowest BCUT2D eigenvalue weighted by atomic mass is 9.80. The molecule has 1 saturated heterocycles. The van der Waals surface area contributed by atoms with Gasteiger partial charge >= 0.3 is 0 Å². The molecule has 0 radical (unpaired) electrons. The molecule has 0 bridgehead atoms. The number of hydrogen-bond donors (Lipinski definition) is 1. The molecule has 1 aromatic carbocycles. The van der Waals surface area contributed by atoms with E-state index in [1.165, 1.54) is 31.5 Å². The van der Waals surface area contributed by atoms with Gasteiger partial charge in [0.2, 0.25) is 0 Å². The Morgan fingerprint density at radius 3 is 2.74 bits per heavy atom. The van der Waals surface area contributed by atoms with E-state index in [0.717, 1.165) is 18.1 Å². The first-order valence-electron chi connectivity index (χ1n) is 7.35. The molecule has 0 aliphatic carbocycles. The van der Waals surface area contributed by atoms with E-state index in [9.17, 15) is 0 Å². The van der Waals surface area contributed by atoms with Crippen molar-refractivity contribution in [2.45, 2.75) is 25.7 Å². The number of piperidine rings is 1. The first kappa shape index (κ1) is 14.8. The van der Waals surface area contributed by atoms with E-state index in [1.54, 1.807) is 0 Å². The molecule has 1 heterocycles. The van der Waals surface area contributed by atoms with Crippen LogP contribution in [-0.4, -0.2) is 38.1 Å². The minimum absolute atomic E-state index is 0.665. The van der Waals surface area contributed by atoms with Crippen LogP contribution < -0.4 is 5.32 Å². The molecule has 1 aliphatic heterocycles. The first-order valence-corrected chi connectivity index (χ1v) is 7.73. The van der Waals surface area contributed by atoms with Crippen molar-refractivity contribution < 1.29 is 0 Å². The van der Waals surface area contributed by atoms with Crippen LogP contribution in [0.2, 0.25) is 5.02 Å². The normalized spacial score (nSPS) is 24.6. The molecule has 0 saturated carbocycles. The van der Waals surface area contributed by atoms with E-state index >= 15 is 0 Å². The van der Waals surface area contributed by atoms with E-state index < -0.39 is 0 Å². The number of benzene rings is 1. The van der Waals surface area contributed by atoms with Crippen molar-refractivity contribution in [3.8, 4) is 0 Å². The number of nitrogens with zero attached hydrogens (tertiary/aromatic N) is 1. The van der Waals surface area contributed by atoms with Crippen LogP contribution >= 0.6 is 11.6 Å². The van der Waals surface area contributed by atoms with Crippen LogP contribution in [-0.2, 0) is 0 Å². The van der Waals surface area contributed by atoms with Crippen LogP contribution in [0.4, 0.5) is 0 Å². The molecule has 2 nitrogen and oxygen atoms in total. The molecule has 2 atom stereocenters. The Balaban J connectivity index is 2.04. The fourth-order valence-electron chi connectivity index (χ4n) is 3.03. The largest absolute Gasteiger partial charge is 0.316 e. The summed E-state index contributed by atoms with van der Waals surface area (Å²) in [7, 11) is 2.23. The SMILES string of the molecule is CCCNC[C@@H]1CN(C)CCC1c1ccc(Cl)cc1. The highest BCUT2D eigenvalue weighted by Gasteiger charge is 2.28. The van der Waals surface area contributed by atoms with Gasteiger partial charge in [0, 0.05) is 11.6 Å². The lowest BCUT2D eigenvalue weighted by Crippen LogP contribution is -2.41. The van der Waals surface area contributed by atoms with Gasteiger partial charge in [0.15, 0.2) is 0 Å². The van der Waals surface area contributed by atoms with E-state index in [0.29, 0.717) is 11.8 Å². The van der Waals surface area contributed by atoms with E-state index in [4.69, 9.17) is 11.6 Å². The Morgan fingerprint density at radius 1 is 1.32 bits per heavy atom. The summed E-state index contributed by atoms with van der Waals surface area (Å²) in [4.78, 5) is 2.45. The lowest BCUT2D eigenvalue weighted by Gasteiger charge is -2.37. The van der Waals surface area contributed by atoms with Gasteiger partial charge in [-0.1, -0.05) is 30.7 Å². The predicted molar refractivity (Wildman–Crippen MR) is 83.0 cm³/mol. The second-order valence-electron chi connectivity index (χ2n) is 5.67. The van der Waals surface area contributed by atoms with Gasteiger partial charge in [-0.3, -0.25) is 0 Å². The van der Waals surface area contributed by atoms with Crippen molar-refractivity contribution >= 4 is 11.6 Å². The van der Waals surface area contributed by atoms with Crippen LogP contribution in [0.25, 0.3) is 0 Å². The van der Waals surface area contributed by atoms with E-state index in [1.807, 2.05) is 12.1 Å². The molecule has 1 fully saturated rings. The van der Waals surface area contributed by atoms with E-state index in [2.05, 4.69) is 36.3 Å². The van der Waals surface area contributed by atoms with Crippen LogP contribution in [0.1, 0.15) is 31.2 Å². The molecular weight excluding hydrogens is 256 g/mol. The third-order valence-electron chi connectivity index (χ3n) is 4.07. The third kappa shape index (κ3) is 4.20. The van der Waals surface area contributed by atoms with Crippen molar-refractivity contribution in [1.82, 2.24) is 10.2 Å². The molecular formula is C16H25ClN2. The summed E-state index contributed by atoms with van der Waals surface area (Å²) in [5, 5.41) is 4.41. The smallest absolute Gasteiger partial charge is 0.0406 e. The van der Waals surface area contributed by atoms with Crippen LogP contribution in [0, 0.1) is 5.92 Å². The highest BCUT2D eigenvalue weighted by atomic mass is 35.5. The minimum Gasteiger partial charge on any atom is -0.316 e. The Morgan fingerprint density at radius 2 is 2.05 bits per heavy atom. The summed E-state index contributed by atoms with van der Waals surface area (Å²) in [6.45, 7) is 6.83. The molecule has 2 rings (SSSR count). The van der Waals surface area contributed by atoms with Crippen LogP contribution in [0.5, 0.6) is 0 Å². The number of likely N-dealkylation sites (tertiary alicyclic amines) is 1. The number of hydrogen-bond acceptors (Lipinski definition) is 2. The number of rotatable bonds is 5. The maximum atomic E-state index is 5.99. The predicted octanol–water partition coefficient (Wildman–Crippen LogP) is 3.37. The molecule has 0 amide bonds. The molecule has 0 spiro atoms. The van der Waals surface area contributed by atoms with Crippen molar-refractivity contribution in [1.29, 1.82) is 0 Å². The zero-order valence-corrected chi connectivity index (χ0v) is 12.8. The summed E-state index contributed by atoms with van der Waals surface area (Å²) in [5.74, 6) is 1.37. The Bertz CT molecular complexity index is 377. The monoisotopic (exact) mass is 280 g/mol. The molecule has 1 aliphatic rings. The number of halogens is 1. The van der Waals surface area contributed by atoms with Gasteiger partial charge in [0.1, 0.15) is 0 Å². The van der Waals surface area contributed by atoms with Gasteiger partial charge in [0.25, 0.3) is 0 Å². The quantitative estimate of drug-likeness (QED) is 0.832. The Hall–Kier alpha value is -0.570. The summed E-state index contributed by atoms with van der Waals surface area (Å²) in [5.41, 5.74) is 1.45. The van der Waals surface area contributed by atoms with Crippen molar-refractivity contribution in [2.24, 2.45) is 5.92 Å². The minimum atomic E-state index is 0.665. The molecule has 19 heavy (non-hydrogen) atoms. The van der Waals surface area contributed by atoms with Gasteiger partial charge in [0.05, 0.1) is 0 Å². The highest BCUT2D eigenvalue weighted by molar-refractivity contribution is 6.30. The average Bonchev–Trinajstić information content (AvgIpc) is 2.41. The Labute approximate surface area is 122 Å².